The highest BCUT2D eigenvalue weighted by Gasteiger charge is 2.23. The molecule has 94 valence electrons. The largest absolute Gasteiger partial charge is 0.353 e. The van der Waals surface area contributed by atoms with Crippen LogP contribution in [0, 0.1) is 0 Å². The average molecular weight is 234 g/mol. The van der Waals surface area contributed by atoms with Crippen molar-refractivity contribution in [2.24, 2.45) is 0 Å². The van der Waals surface area contributed by atoms with E-state index in [0.29, 0.717) is 5.92 Å². The van der Waals surface area contributed by atoms with Crippen LogP contribution in [0.15, 0.2) is 30.3 Å². The van der Waals surface area contributed by atoms with Crippen LogP contribution in [-0.2, 0) is 9.47 Å². The van der Waals surface area contributed by atoms with Gasteiger partial charge in [-0.05, 0) is 24.3 Å². The summed E-state index contributed by atoms with van der Waals surface area (Å²) < 4.78 is 11.4. The van der Waals surface area contributed by atoms with E-state index in [1.165, 1.54) is 12.0 Å². The third kappa shape index (κ3) is 3.83. The Hall–Kier alpha value is -0.860. The van der Waals surface area contributed by atoms with Crippen LogP contribution in [0.5, 0.6) is 0 Å². The van der Waals surface area contributed by atoms with Crippen molar-refractivity contribution < 1.29 is 9.47 Å². The van der Waals surface area contributed by atoms with Gasteiger partial charge in [-0.2, -0.15) is 0 Å². The minimum atomic E-state index is 0.000469. The van der Waals surface area contributed by atoms with Gasteiger partial charge in [-0.1, -0.05) is 43.7 Å². The molecule has 1 aliphatic rings. The summed E-state index contributed by atoms with van der Waals surface area (Å²) in [5.41, 5.74) is 1.42. The van der Waals surface area contributed by atoms with E-state index in [2.05, 4.69) is 37.3 Å². The molecule has 1 saturated heterocycles. The molecule has 1 aromatic rings. The molecule has 0 saturated carbocycles. The van der Waals surface area contributed by atoms with Crippen molar-refractivity contribution in [1.82, 2.24) is 0 Å². The van der Waals surface area contributed by atoms with Crippen LogP contribution >= 0.6 is 0 Å². The monoisotopic (exact) mass is 234 g/mol. The molecule has 1 fully saturated rings. The second kappa shape index (κ2) is 6.77. The average Bonchev–Trinajstić information content (AvgIpc) is 2.41. The molecule has 0 N–H and O–H groups in total. The maximum Gasteiger partial charge on any atom is 0.158 e. The highest BCUT2D eigenvalue weighted by Crippen LogP contribution is 2.30. The predicted molar refractivity (Wildman–Crippen MR) is 69.0 cm³/mol. The van der Waals surface area contributed by atoms with Gasteiger partial charge < -0.3 is 9.47 Å². The summed E-state index contributed by atoms with van der Waals surface area (Å²) in [7, 11) is 0. The summed E-state index contributed by atoms with van der Waals surface area (Å²) in [6.45, 7) is 3.82. The Kier molecular flexibility index (Phi) is 5.02. The van der Waals surface area contributed by atoms with Crippen molar-refractivity contribution in [2.75, 3.05) is 13.2 Å². The third-order valence-electron chi connectivity index (χ3n) is 3.32. The van der Waals surface area contributed by atoms with Crippen LogP contribution in [0.4, 0.5) is 0 Å². The second-order valence-electron chi connectivity index (χ2n) is 4.66. The van der Waals surface area contributed by atoms with Gasteiger partial charge in [-0.15, -0.1) is 0 Å². The Balaban J connectivity index is 1.84. The summed E-state index contributed by atoms with van der Waals surface area (Å²) in [6, 6.07) is 10.7. The van der Waals surface area contributed by atoms with E-state index in [4.69, 9.17) is 9.47 Å². The highest BCUT2D eigenvalue weighted by atomic mass is 16.7. The number of hydrogen-bond donors (Lipinski definition) is 0. The van der Waals surface area contributed by atoms with Gasteiger partial charge in [0.1, 0.15) is 0 Å². The Labute approximate surface area is 104 Å². The summed E-state index contributed by atoms with van der Waals surface area (Å²) in [4.78, 5) is 0. The van der Waals surface area contributed by atoms with Crippen LogP contribution in [0.2, 0.25) is 0 Å². The van der Waals surface area contributed by atoms with Crippen LogP contribution < -0.4 is 0 Å². The number of hydrogen-bond acceptors (Lipinski definition) is 2. The first kappa shape index (κ1) is 12.6. The maximum atomic E-state index is 5.75. The molecule has 0 bridgehead atoms. The first-order valence-corrected chi connectivity index (χ1v) is 6.68. The summed E-state index contributed by atoms with van der Waals surface area (Å²) in [5, 5.41) is 0. The second-order valence-corrected chi connectivity index (χ2v) is 4.66. The highest BCUT2D eigenvalue weighted by molar-refractivity contribution is 5.19. The molecular weight excluding hydrogens is 212 g/mol. The molecule has 0 spiro atoms. The minimum absolute atomic E-state index is 0.000469. The van der Waals surface area contributed by atoms with Gasteiger partial charge in [0.05, 0.1) is 6.61 Å². The molecule has 17 heavy (non-hydrogen) atoms. The first-order valence-electron chi connectivity index (χ1n) is 6.68. The van der Waals surface area contributed by atoms with E-state index >= 15 is 0 Å². The van der Waals surface area contributed by atoms with E-state index in [-0.39, 0.29) is 6.29 Å². The fourth-order valence-electron chi connectivity index (χ4n) is 2.26. The molecule has 2 heteroatoms. The van der Waals surface area contributed by atoms with Gasteiger partial charge in [0.2, 0.25) is 0 Å². The van der Waals surface area contributed by atoms with E-state index in [9.17, 15) is 0 Å². The zero-order valence-corrected chi connectivity index (χ0v) is 10.6. The van der Waals surface area contributed by atoms with Gasteiger partial charge in [-0.25, -0.2) is 0 Å². The molecule has 1 aromatic carbocycles. The third-order valence-corrected chi connectivity index (χ3v) is 3.32. The molecule has 0 unspecified atom stereocenters. The zero-order valence-electron chi connectivity index (χ0n) is 10.6. The molecule has 0 aromatic heterocycles. The lowest BCUT2D eigenvalue weighted by Crippen LogP contribution is -2.27. The van der Waals surface area contributed by atoms with Crippen molar-refractivity contribution in [3.63, 3.8) is 0 Å². The summed E-state index contributed by atoms with van der Waals surface area (Å²) >= 11 is 0. The molecule has 0 amide bonds. The van der Waals surface area contributed by atoms with Gasteiger partial charge >= 0.3 is 0 Å². The van der Waals surface area contributed by atoms with Crippen LogP contribution in [0.3, 0.4) is 0 Å². The van der Waals surface area contributed by atoms with Gasteiger partial charge in [0.15, 0.2) is 6.29 Å². The number of ether oxygens (including phenoxy) is 2. The van der Waals surface area contributed by atoms with E-state index in [1.54, 1.807) is 0 Å². The SMILES string of the molecule is CCCCO[C@@H]1C[C@@H](c2ccccc2)CCO1. The molecule has 2 rings (SSSR count). The number of benzene rings is 1. The fourth-order valence-corrected chi connectivity index (χ4v) is 2.26. The summed E-state index contributed by atoms with van der Waals surface area (Å²) in [5.74, 6) is 0.594. The lowest BCUT2D eigenvalue weighted by atomic mass is 9.91. The van der Waals surface area contributed by atoms with Crippen molar-refractivity contribution in [1.29, 1.82) is 0 Å². The van der Waals surface area contributed by atoms with E-state index in [0.717, 1.165) is 32.5 Å². The standard InChI is InChI=1S/C15H22O2/c1-2-3-10-16-15-12-14(9-11-17-15)13-7-5-4-6-8-13/h4-8,14-15H,2-3,9-12H2,1H3/t14-,15-/m0/s1. The first-order chi connectivity index (χ1) is 8.40. The Bertz CT molecular complexity index is 310. The van der Waals surface area contributed by atoms with E-state index < -0.39 is 0 Å². The Morgan fingerprint density at radius 2 is 2.12 bits per heavy atom. The lowest BCUT2D eigenvalue weighted by molar-refractivity contribution is -0.167. The van der Waals surface area contributed by atoms with Crippen molar-refractivity contribution >= 4 is 0 Å². The topological polar surface area (TPSA) is 18.5 Å². The lowest BCUT2D eigenvalue weighted by Gasteiger charge is -2.29. The maximum absolute atomic E-state index is 5.75. The molecule has 1 heterocycles. The van der Waals surface area contributed by atoms with Crippen molar-refractivity contribution in [3.05, 3.63) is 35.9 Å². The quantitative estimate of drug-likeness (QED) is 0.723. The Morgan fingerprint density at radius 3 is 2.88 bits per heavy atom. The van der Waals surface area contributed by atoms with Crippen LogP contribution in [0.25, 0.3) is 0 Å². The molecule has 2 atom stereocenters. The minimum Gasteiger partial charge on any atom is -0.353 e. The smallest absolute Gasteiger partial charge is 0.158 e. The normalized spacial score (nSPS) is 24.8. The fraction of sp³-hybridized carbons (Fsp3) is 0.600. The van der Waals surface area contributed by atoms with Crippen molar-refractivity contribution in [3.8, 4) is 0 Å². The van der Waals surface area contributed by atoms with Gasteiger partial charge in [-0.3, -0.25) is 0 Å². The van der Waals surface area contributed by atoms with Crippen LogP contribution in [-0.4, -0.2) is 19.5 Å². The predicted octanol–water partition coefficient (Wildman–Crippen LogP) is 3.72. The molecule has 0 radical (unpaired) electrons. The van der Waals surface area contributed by atoms with E-state index in [1.807, 2.05) is 0 Å². The molecule has 1 aliphatic heterocycles. The van der Waals surface area contributed by atoms with Crippen LogP contribution in [0.1, 0.15) is 44.1 Å². The zero-order chi connectivity index (χ0) is 11.9. The number of rotatable bonds is 5. The van der Waals surface area contributed by atoms with Gasteiger partial charge in [0, 0.05) is 13.0 Å². The molecule has 2 nitrogen and oxygen atoms in total. The number of unbranched alkanes of at least 4 members (excludes halogenated alkanes) is 1. The summed E-state index contributed by atoms with van der Waals surface area (Å²) in [6.07, 6.45) is 4.40. The Morgan fingerprint density at radius 1 is 1.29 bits per heavy atom. The van der Waals surface area contributed by atoms with Crippen molar-refractivity contribution in [2.45, 2.75) is 44.8 Å². The molecular formula is C15H22O2. The van der Waals surface area contributed by atoms with Gasteiger partial charge in [0.25, 0.3) is 0 Å². The molecule has 0 aliphatic carbocycles.